The van der Waals surface area contributed by atoms with E-state index in [1.807, 2.05) is 65.6 Å². The summed E-state index contributed by atoms with van der Waals surface area (Å²) in [5.41, 5.74) is 1.79. The number of H-pyrrole nitrogens is 1. The fourth-order valence-electron chi connectivity index (χ4n) is 5.48. The fraction of sp³-hybridized carbons (Fsp3) is 0.290. The third kappa shape index (κ3) is 6.59. The van der Waals surface area contributed by atoms with Crippen LogP contribution in [-0.2, 0) is 28.7 Å². The Labute approximate surface area is 229 Å². The highest BCUT2D eigenvalue weighted by atomic mass is 19.4. The Morgan fingerprint density at radius 1 is 1.02 bits per heavy atom. The normalized spacial score (nSPS) is 17.8. The number of ether oxygens (including phenoxy) is 1. The Balaban J connectivity index is 1.45. The number of halogens is 4. The van der Waals surface area contributed by atoms with E-state index in [-0.39, 0.29) is 36.3 Å². The van der Waals surface area contributed by atoms with Gasteiger partial charge in [-0.3, -0.25) is 4.79 Å². The average Bonchev–Trinajstić information content (AvgIpc) is 3.46. The highest BCUT2D eigenvalue weighted by Crippen LogP contribution is 2.39. The van der Waals surface area contributed by atoms with Crippen LogP contribution >= 0.6 is 0 Å². The van der Waals surface area contributed by atoms with Gasteiger partial charge in [-0.2, -0.15) is 13.2 Å². The Morgan fingerprint density at radius 3 is 2.30 bits per heavy atom. The van der Waals surface area contributed by atoms with E-state index in [4.69, 9.17) is 4.74 Å². The second-order valence-corrected chi connectivity index (χ2v) is 10.0. The molecule has 1 fully saturated rings. The summed E-state index contributed by atoms with van der Waals surface area (Å²) in [6, 6.07) is 22.3. The van der Waals surface area contributed by atoms with Crippen LogP contribution in [0.5, 0.6) is 0 Å². The van der Waals surface area contributed by atoms with Crippen LogP contribution in [-0.4, -0.2) is 40.0 Å². The van der Waals surface area contributed by atoms with Crippen molar-refractivity contribution in [1.29, 1.82) is 0 Å². The molecule has 1 N–H and O–H groups in total. The van der Waals surface area contributed by atoms with E-state index in [0.717, 1.165) is 23.3 Å². The van der Waals surface area contributed by atoms with Crippen molar-refractivity contribution in [2.45, 2.75) is 37.6 Å². The minimum Gasteiger partial charge on any atom is -0.373 e. The van der Waals surface area contributed by atoms with Crippen LogP contribution in [0.1, 0.15) is 40.3 Å². The summed E-state index contributed by atoms with van der Waals surface area (Å²) in [5.74, 6) is -1.38. The van der Waals surface area contributed by atoms with Gasteiger partial charge in [0.15, 0.2) is 0 Å². The molecule has 2 heterocycles. The number of carbonyl (C=O) groups excluding carboxylic acids is 1. The number of rotatable bonds is 8. The van der Waals surface area contributed by atoms with Gasteiger partial charge < -0.3 is 14.6 Å². The molecule has 1 amide bonds. The van der Waals surface area contributed by atoms with Gasteiger partial charge in [-0.05, 0) is 41.3 Å². The SMILES string of the molecule is O=C(Cc1c[nH]cn1)N1CC[C@H](OCc2cc(F)cc(C(F)(F)F)c2)[C@H](C(c2ccccc2)c2ccccc2)C1. The molecule has 0 saturated carbocycles. The molecule has 3 aromatic carbocycles. The van der Waals surface area contributed by atoms with Crippen LogP contribution < -0.4 is 0 Å². The minimum absolute atomic E-state index is 0.0598. The molecule has 0 unspecified atom stereocenters. The summed E-state index contributed by atoms with van der Waals surface area (Å²) in [4.78, 5) is 22.1. The first kappa shape index (κ1) is 27.6. The Kier molecular flexibility index (Phi) is 8.30. The first-order chi connectivity index (χ1) is 19.3. The molecule has 9 heteroatoms. The van der Waals surface area contributed by atoms with Crippen molar-refractivity contribution in [3.8, 4) is 0 Å². The van der Waals surface area contributed by atoms with Crippen molar-refractivity contribution in [3.05, 3.63) is 125 Å². The molecule has 0 radical (unpaired) electrons. The number of aromatic nitrogens is 2. The van der Waals surface area contributed by atoms with Gasteiger partial charge in [0.25, 0.3) is 0 Å². The Hall–Kier alpha value is -3.98. The molecule has 2 atom stereocenters. The first-order valence-corrected chi connectivity index (χ1v) is 13.1. The molecular weight excluding hydrogens is 522 g/mol. The maximum absolute atomic E-state index is 14.1. The number of hydrogen-bond acceptors (Lipinski definition) is 3. The maximum atomic E-state index is 14.1. The van der Waals surface area contributed by atoms with Crippen molar-refractivity contribution >= 4 is 5.91 Å². The number of carbonyl (C=O) groups is 1. The number of likely N-dealkylation sites (tertiary alicyclic amines) is 1. The lowest BCUT2D eigenvalue weighted by atomic mass is 9.75. The van der Waals surface area contributed by atoms with Crippen LogP contribution in [0, 0.1) is 11.7 Å². The van der Waals surface area contributed by atoms with E-state index in [9.17, 15) is 22.4 Å². The number of aromatic amines is 1. The third-order valence-corrected chi connectivity index (χ3v) is 7.33. The van der Waals surface area contributed by atoms with Crippen molar-refractivity contribution in [3.63, 3.8) is 0 Å². The maximum Gasteiger partial charge on any atom is 0.416 e. The Morgan fingerprint density at radius 2 is 1.70 bits per heavy atom. The lowest BCUT2D eigenvalue weighted by Gasteiger charge is -2.42. The smallest absolute Gasteiger partial charge is 0.373 e. The van der Waals surface area contributed by atoms with Crippen LogP contribution in [0.25, 0.3) is 0 Å². The lowest BCUT2D eigenvalue weighted by Crippen LogP contribution is -2.49. The van der Waals surface area contributed by atoms with Crippen molar-refractivity contribution in [2.75, 3.05) is 13.1 Å². The largest absolute Gasteiger partial charge is 0.416 e. The molecule has 0 spiro atoms. The number of amides is 1. The molecule has 5 rings (SSSR count). The molecular formula is C31H29F4N3O2. The minimum atomic E-state index is -4.66. The molecule has 1 saturated heterocycles. The van der Waals surface area contributed by atoms with E-state index in [2.05, 4.69) is 9.97 Å². The van der Waals surface area contributed by atoms with Gasteiger partial charge in [-0.25, -0.2) is 9.37 Å². The van der Waals surface area contributed by atoms with Crippen LogP contribution in [0.15, 0.2) is 91.4 Å². The van der Waals surface area contributed by atoms with Gasteiger partial charge >= 0.3 is 6.18 Å². The van der Waals surface area contributed by atoms with E-state index in [0.29, 0.717) is 31.3 Å². The molecule has 1 aromatic heterocycles. The van der Waals surface area contributed by atoms with Gasteiger partial charge in [0.2, 0.25) is 5.91 Å². The number of nitrogens with zero attached hydrogens (tertiary/aromatic N) is 2. The highest BCUT2D eigenvalue weighted by molar-refractivity contribution is 5.78. The standard InChI is InChI=1S/C31H29F4N3O2/c32-25-14-21(13-24(15-25)31(33,34)35)19-40-28-11-12-38(29(39)16-26-17-36-20-37-26)18-27(28)30(22-7-3-1-4-8-22)23-9-5-2-6-10-23/h1-10,13-15,17,20,27-28,30H,11-12,16,18-19H2,(H,36,37)/t27-,28+/m1/s1. The number of nitrogens with one attached hydrogen (secondary N) is 1. The van der Waals surface area contributed by atoms with E-state index in [1.54, 1.807) is 6.20 Å². The summed E-state index contributed by atoms with van der Waals surface area (Å²) in [7, 11) is 0. The number of alkyl halides is 3. The topological polar surface area (TPSA) is 58.2 Å². The van der Waals surface area contributed by atoms with Gasteiger partial charge in [-0.15, -0.1) is 0 Å². The van der Waals surface area contributed by atoms with E-state index >= 15 is 0 Å². The zero-order valence-electron chi connectivity index (χ0n) is 21.7. The van der Waals surface area contributed by atoms with E-state index < -0.39 is 23.7 Å². The summed E-state index contributed by atoms with van der Waals surface area (Å²) in [5, 5.41) is 0. The van der Waals surface area contributed by atoms with Crippen molar-refractivity contribution < 1.29 is 27.1 Å². The van der Waals surface area contributed by atoms with Gasteiger partial charge in [0, 0.05) is 31.1 Å². The van der Waals surface area contributed by atoms with Crippen LogP contribution in [0.3, 0.4) is 0 Å². The summed E-state index contributed by atoms with van der Waals surface area (Å²) in [6.07, 6.45) is -1.19. The summed E-state index contributed by atoms with van der Waals surface area (Å²) >= 11 is 0. The second kappa shape index (κ2) is 12.0. The van der Waals surface area contributed by atoms with E-state index in [1.165, 1.54) is 6.33 Å². The van der Waals surface area contributed by atoms with Crippen LogP contribution in [0.2, 0.25) is 0 Å². The Bertz CT molecular complexity index is 1360. The number of benzene rings is 3. The predicted molar refractivity (Wildman–Crippen MR) is 142 cm³/mol. The predicted octanol–water partition coefficient (Wildman–Crippen LogP) is 6.38. The van der Waals surface area contributed by atoms with Crippen molar-refractivity contribution in [2.24, 2.45) is 5.92 Å². The molecule has 1 aliphatic heterocycles. The fourth-order valence-corrected chi connectivity index (χ4v) is 5.48. The molecule has 0 aliphatic carbocycles. The monoisotopic (exact) mass is 551 g/mol. The summed E-state index contributed by atoms with van der Waals surface area (Å²) in [6.45, 7) is 0.635. The third-order valence-electron chi connectivity index (χ3n) is 7.33. The molecule has 208 valence electrons. The molecule has 40 heavy (non-hydrogen) atoms. The quantitative estimate of drug-likeness (QED) is 0.259. The molecule has 5 nitrogen and oxygen atoms in total. The second-order valence-electron chi connectivity index (χ2n) is 10.0. The highest BCUT2D eigenvalue weighted by Gasteiger charge is 2.39. The molecule has 1 aliphatic rings. The average molecular weight is 552 g/mol. The zero-order chi connectivity index (χ0) is 28.1. The van der Waals surface area contributed by atoms with Crippen molar-refractivity contribution in [1.82, 2.24) is 14.9 Å². The van der Waals surface area contributed by atoms with Gasteiger partial charge in [-0.1, -0.05) is 60.7 Å². The molecule has 4 aromatic rings. The lowest BCUT2D eigenvalue weighted by molar-refractivity contribution is -0.137. The molecule has 0 bridgehead atoms. The van der Waals surface area contributed by atoms with Gasteiger partial charge in [0.05, 0.1) is 36.7 Å². The summed E-state index contributed by atoms with van der Waals surface area (Å²) < 4.78 is 60.2. The first-order valence-electron chi connectivity index (χ1n) is 13.1. The number of imidazole rings is 1. The van der Waals surface area contributed by atoms with Crippen LogP contribution in [0.4, 0.5) is 17.6 Å². The van der Waals surface area contributed by atoms with Gasteiger partial charge in [0.1, 0.15) is 5.82 Å². The zero-order valence-corrected chi connectivity index (χ0v) is 21.7. The number of hydrogen-bond donors (Lipinski definition) is 1. The number of piperidine rings is 1.